The topological polar surface area (TPSA) is 80.3 Å². The molecule has 5 heterocycles. The molecule has 1 unspecified atom stereocenters. The van der Waals surface area contributed by atoms with Crippen LogP contribution < -0.4 is 10.6 Å². The van der Waals surface area contributed by atoms with E-state index in [2.05, 4.69) is 43.0 Å². The van der Waals surface area contributed by atoms with Crippen molar-refractivity contribution in [1.82, 2.24) is 15.0 Å². The fourth-order valence-electron chi connectivity index (χ4n) is 3.46. The highest BCUT2D eigenvalue weighted by Crippen LogP contribution is 2.34. The first kappa shape index (κ1) is 15.2. The van der Waals surface area contributed by atoms with Gasteiger partial charge in [-0.05, 0) is 36.8 Å². The summed E-state index contributed by atoms with van der Waals surface area (Å²) >= 11 is 0. The zero-order valence-electron chi connectivity index (χ0n) is 14.2. The van der Waals surface area contributed by atoms with Crippen LogP contribution in [0.3, 0.4) is 0 Å². The molecule has 1 atom stereocenters. The molecule has 6 nitrogen and oxygen atoms in total. The Labute approximate surface area is 151 Å². The summed E-state index contributed by atoms with van der Waals surface area (Å²) < 4.78 is 0. The molecule has 2 N–H and O–H groups in total. The van der Waals surface area contributed by atoms with Gasteiger partial charge in [-0.15, -0.1) is 0 Å². The van der Waals surface area contributed by atoms with Gasteiger partial charge in [-0.2, -0.15) is 0 Å². The third kappa shape index (κ3) is 2.55. The maximum atomic E-state index is 5.99. The van der Waals surface area contributed by atoms with E-state index in [9.17, 15) is 0 Å². The van der Waals surface area contributed by atoms with Crippen molar-refractivity contribution < 1.29 is 0 Å². The maximum Gasteiger partial charge on any atom is 0.128 e. The minimum atomic E-state index is 0.248. The molecule has 1 fully saturated rings. The van der Waals surface area contributed by atoms with Gasteiger partial charge in [-0.3, -0.25) is 9.97 Å². The van der Waals surface area contributed by atoms with E-state index in [0.717, 1.165) is 59.1 Å². The Morgan fingerprint density at radius 1 is 1.04 bits per heavy atom. The molecule has 0 amide bonds. The van der Waals surface area contributed by atoms with Crippen LogP contribution >= 0.6 is 0 Å². The van der Waals surface area contributed by atoms with Crippen LogP contribution in [0.2, 0.25) is 0 Å². The highest BCUT2D eigenvalue weighted by molar-refractivity contribution is 6.22. The number of rotatable bonds is 3. The van der Waals surface area contributed by atoms with Gasteiger partial charge in [0.2, 0.25) is 0 Å². The predicted octanol–water partition coefficient (Wildman–Crippen LogP) is 2.56. The maximum absolute atomic E-state index is 5.99. The number of anilines is 1. The van der Waals surface area contributed by atoms with Gasteiger partial charge in [0.1, 0.15) is 5.82 Å². The van der Waals surface area contributed by atoms with Gasteiger partial charge in [0.25, 0.3) is 0 Å². The lowest BCUT2D eigenvalue weighted by Crippen LogP contribution is -2.26. The number of nitrogens with two attached hydrogens (primary N) is 1. The molecule has 0 spiro atoms. The van der Waals surface area contributed by atoms with Crippen molar-refractivity contribution in [3.63, 3.8) is 0 Å². The van der Waals surface area contributed by atoms with Gasteiger partial charge >= 0.3 is 0 Å². The van der Waals surface area contributed by atoms with Gasteiger partial charge in [0, 0.05) is 54.4 Å². The number of hydrogen-bond donors (Lipinski definition) is 1. The highest BCUT2D eigenvalue weighted by Gasteiger charge is 2.23. The lowest BCUT2D eigenvalue weighted by atomic mass is 9.96. The standard InChI is InChI=1S/C20H18N6/c21-15-5-7-26(12-15)19-4-3-14(10-24-19)20-16-8-17(23-11-18(16)25-20)13-2-1-6-22-9-13/h1-4,6,8-11,15H,5,7,12,21H2. The molecule has 0 saturated carbocycles. The fourth-order valence-corrected chi connectivity index (χ4v) is 3.46. The van der Waals surface area contributed by atoms with Crippen LogP contribution in [0.4, 0.5) is 11.5 Å². The third-order valence-corrected chi connectivity index (χ3v) is 4.90. The van der Waals surface area contributed by atoms with Crippen LogP contribution in [0.25, 0.3) is 11.3 Å². The van der Waals surface area contributed by atoms with Crippen molar-refractivity contribution in [3.05, 3.63) is 66.2 Å². The molecule has 0 radical (unpaired) electrons. The van der Waals surface area contributed by atoms with E-state index >= 15 is 0 Å². The zero-order valence-corrected chi connectivity index (χ0v) is 14.2. The van der Waals surface area contributed by atoms with E-state index in [1.807, 2.05) is 30.7 Å². The second-order valence-corrected chi connectivity index (χ2v) is 6.69. The first-order chi connectivity index (χ1) is 12.8. The molecular weight excluding hydrogens is 324 g/mol. The Morgan fingerprint density at radius 3 is 2.73 bits per heavy atom. The van der Waals surface area contributed by atoms with Crippen LogP contribution in [-0.4, -0.2) is 39.8 Å². The molecule has 26 heavy (non-hydrogen) atoms. The third-order valence-electron chi connectivity index (χ3n) is 4.90. The van der Waals surface area contributed by atoms with Crippen LogP contribution in [0.5, 0.6) is 0 Å². The van der Waals surface area contributed by atoms with Crippen LogP contribution in [-0.2, 0) is 0 Å². The molecule has 0 aromatic carbocycles. The first-order valence-corrected chi connectivity index (χ1v) is 8.74. The summed E-state index contributed by atoms with van der Waals surface area (Å²) in [6.45, 7) is 1.84. The molecule has 0 bridgehead atoms. The van der Waals surface area contributed by atoms with Crippen molar-refractivity contribution in [1.29, 1.82) is 0 Å². The van der Waals surface area contributed by atoms with Crippen LogP contribution in [0.15, 0.2) is 60.1 Å². The predicted molar refractivity (Wildman–Crippen MR) is 102 cm³/mol. The summed E-state index contributed by atoms with van der Waals surface area (Å²) in [4.78, 5) is 20.1. The number of aliphatic imine (C=N–C) groups is 1. The number of hydrogen-bond acceptors (Lipinski definition) is 6. The highest BCUT2D eigenvalue weighted by atomic mass is 15.2. The number of fused-ring (bicyclic) bond motifs is 1. The second kappa shape index (κ2) is 6.00. The van der Waals surface area contributed by atoms with Gasteiger partial charge < -0.3 is 10.6 Å². The quantitative estimate of drug-likeness (QED) is 0.619. The van der Waals surface area contributed by atoms with Crippen LogP contribution in [0.1, 0.15) is 17.5 Å². The summed E-state index contributed by atoms with van der Waals surface area (Å²) in [6, 6.07) is 10.4. The summed E-state index contributed by atoms with van der Waals surface area (Å²) in [5.74, 6) is 0.979. The smallest absolute Gasteiger partial charge is 0.128 e. The fraction of sp³-hybridized carbons (Fsp3) is 0.200. The summed E-state index contributed by atoms with van der Waals surface area (Å²) in [5, 5.41) is 0. The first-order valence-electron chi connectivity index (χ1n) is 8.74. The summed E-state index contributed by atoms with van der Waals surface area (Å²) in [6.07, 6.45) is 8.31. The van der Waals surface area contributed by atoms with E-state index in [4.69, 9.17) is 5.73 Å². The molecule has 128 valence electrons. The zero-order chi connectivity index (χ0) is 17.5. The van der Waals surface area contributed by atoms with Gasteiger partial charge in [-0.25, -0.2) is 9.98 Å². The normalized spacial score (nSPS) is 18.3. The number of aromatic nitrogens is 3. The van der Waals surface area contributed by atoms with Crippen molar-refractivity contribution in [2.75, 3.05) is 18.0 Å². The second-order valence-electron chi connectivity index (χ2n) is 6.69. The molecule has 1 saturated heterocycles. The molecular formula is C20H18N6. The minimum absolute atomic E-state index is 0.248. The minimum Gasteiger partial charge on any atom is -0.355 e. The van der Waals surface area contributed by atoms with Crippen LogP contribution in [0, 0.1) is 0 Å². The lowest BCUT2D eigenvalue weighted by Gasteiger charge is -2.20. The Morgan fingerprint density at radius 2 is 2.00 bits per heavy atom. The Kier molecular flexibility index (Phi) is 3.50. The van der Waals surface area contributed by atoms with E-state index in [0.29, 0.717) is 0 Å². The van der Waals surface area contributed by atoms with Crippen molar-refractivity contribution in [2.45, 2.75) is 12.5 Å². The lowest BCUT2D eigenvalue weighted by molar-refractivity contribution is 0.751. The summed E-state index contributed by atoms with van der Waals surface area (Å²) in [7, 11) is 0. The Bertz CT molecular complexity index is 981. The molecule has 0 aliphatic carbocycles. The molecule has 3 aromatic rings. The molecule has 6 heteroatoms. The van der Waals surface area contributed by atoms with Crippen molar-refractivity contribution >= 4 is 17.2 Å². The summed E-state index contributed by atoms with van der Waals surface area (Å²) in [5.41, 5.74) is 11.9. The number of nitrogens with zero attached hydrogens (tertiary/aromatic N) is 5. The van der Waals surface area contributed by atoms with E-state index in [1.54, 1.807) is 6.20 Å². The van der Waals surface area contributed by atoms with Gasteiger partial charge in [0.05, 0.1) is 23.3 Å². The molecule has 3 aromatic heterocycles. The van der Waals surface area contributed by atoms with E-state index in [-0.39, 0.29) is 6.04 Å². The van der Waals surface area contributed by atoms with Crippen molar-refractivity contribution in [2.24, 2.45) is 10.7 Å². The van der Waals surface area contributed by atoms with Gasteiger partial charge in [0.15, 0.2) is 0 Å². The van der Waals surface area contributed by atoms with Gasteiger partial charge in [-0.1, -0.05) is 0 Å². The Hall–Kier alpha value is -3.12. The molecule has 2 aliphatic heterocycles. The SMILES string of the molecule is NC1CCN(c2ccc(C3=Nc4cnc(-c5cccnc5)cc43)cn2)C1. The average Bonchev–Trinajstić information content (AvgIpc) is 3.10. The van der Waals surface area contributed by atoms with Crippen molar-refractivity contribution in [3.8, 4) is 11.3 Å². The Balaban J connectivity index is 1.41. The largest absolute Gasteiger partial charge is 0.355 e. The monoisotopic (exact) mass is 342 g/mol. The molecule has 5 rings (SSSR count). The number of pyridine rings is 3. The average molecular weight is 342 g/mol. The van der Waals surface area contributed by atoms with E-state index < -0.39 is 0 Å². The van der Waals surface area contributed by atoms with E-state index in [1.165, 1.54) is 0 Å². The molecule has 2 aliphatic rings.